The highest BCUT2D eigenvalue weighted by Gasteiger charge is 2.31. The number of imidazole rings is 1. The van der Waals surface area contributed by atoms with Crippen molar-refractivity contribution in [3.63, 3.8) is 0 Å². The fourth-order valence-electron chi connectivity index (χ4n) is 4.27. The summed E-state index contributed by atoms with van der Waals surface area (Å²) in [4.78, 5) is 41.6. The van der Waals surface area contributed by atoms with Gasteiger partial charge in [0.2, 0.25) is 5.95 Å². The average molecular weight is 617 g/mol. The first-order valence-corrected chi connectivity index (χ1v) is 13.5. The van der Waals surface area contributed by atoms with Crippen molar-refractivity contribution in [2.24, 2.45) is 0 Å². The summed E-state index contributed by atoms with van der Waals surface area (Å²) in [5.41, 5.74) is 2.58. The molecular weight excluding hydrogens is 589 g/mol. The second-order valence-electron chi connectivity index (χ2n) is 9.83. The molecule has 0 aliphatic carbocycles. The van der Waals surface area contributed by atoms with E-state index in [2.05, 4.69) is 40.6 Å². The highest BCUT2D eigenvalue weighted by atomic mass is 19.4. The van der Waals surface area contributed by atoms with Gasteiger partial charge in [-0.05, 0) is 61.0 Å². The molecule has 0 atom stereocenters. The normalized spacial score (nSPS) is 11.2. The minimum Gasteiger partial charge on any atom is -0.468 e. The van der Waals surface area contributed by atoms with Crippen molar-refractivity contribution < 1.29 is 27.5 Å². The number of alkyl halides is 3. The molecule has 0 spiro atoms. The van der Waals surface area contributed by atoms with Crippen molar-refractivity contribution in [3.05, 3.63) is 108 Å². The molecule has 0 fully saturated rings. The van der Waals surface area contributed by atoms with Crippen LogP contribution < -0.4 is 16.0 Å². The molecule has 3 heterocycles. The Morgan fingerprint density at radius 1 is 1.02 bits per heavy atom. The van der Waals surface area contributed by atoms with Crippen molar-refractivity contribution in [2.75, 3.05) is 24.3 Å². The molecular formula is C31H27F3N8O3. The Balaban J connectivity index is 1.36. The topological polar surface area (TPSA) is 136 Å². The third kappa shape index (κ3) is 7.86. The summed E-state index contributed by atoms with van der Waals surface area (Å²) >= 11 is 0. The van der Waals surface area contributed by atoms with Crippen LogP contribution in [0.3, 0.4) is 0 Å². The molecule has 5 rings (SSSR count). The molecule has 5 aromatic rings. The summed E-state index contributed by atoms with van der Waals surface area (Å²) < 4.78 is 47.5. The van der Waals surface area contributed by atoms with E-state index in [1.165, 1.54) is 30.3 Å². The van der Waals surface area contributed by atoms with Crippen LogP contribution in [0.5, 0.6) is 0 Å². The highest BCUT2D eigenvalue weighted by molar-refractivity contribution is 6.05. The monoisotopic (exact) mass is 616 g/mol. The number of aromatic nitrogens is 5. The van der Waals surface area contributed by atoms with Crippen molar-refractivity contribution in [1.82, 2.24) is 29.8 Å². The third-order valence-corrected chi connectivity index (χ3v) is 6.60. The number of nitrogens with one attached hydrogen (secondary N) is 3. The number of esters is 1. The maximum Gasteiger partial charge on any atom is 0.416 e. The van der Waals surface area contributed by atoms with E-state index in [1.807, 2.05) is 13.0 Å². The molecule has 2 aromatic carbocycles. The second-order valence-corrected chi connectivity index (χ2v) is 9.83. The number of carbonyl (C=O) groups is 2. The van der Waals surface area contributed by atoms with Crippen LogP contribution in [0.15, 0.2) is 85.7 Å². The smallest absolute Gasteiger partial charge is 0.416 e. The van der Waals surface area contributed by atoms with Gasteiger partial charge < -0.3 is 25.3 Å². The van der Waals surface area contributed by atoms with Gasteiger partial charge in [0.1, 0.15) is 0 Å². The number of hydrogen-bond acceptors (Lipinski definition) is 9. The predicted octanol–water partition coefficient (Wildman–Crippen LogP) is 5.31. The standard InChI is InChI=1S/C31H27F3N8O3/c1-19-5-6-20(10-27(19)41-30-37-9-7-26(40-30)21-4-3-8-35-14-21)29(44)39-23-11-22(31(32,33)34)12-25(13-23)42-17-24(38-18-42)15-36-16-28(43)45-2/h3-14,17-18,36H,15-16H2,1-2H3,(H,39,44)(H,37,40,41). The molecule has 1 amide bonds. The molecule has 0 bridgehead atoms. The Morgan fingerprint density at radius 2 is 1.87 bits per heavy atom. The van der Waals surface area contributed by atoms with Gasteiger partial charge >= 0.3 is 12.1 Å². The first-order valence-electron chi connectivity index (χ1n) is 13.5. The van der Waals surface area contributed by atoms with Crippen LogP contribution in [-0.2, 0) is 22.3 Å². The lowest BCUT2D eigenvalue weighted by atomic mass is 10.1. The molecule has 0 saturated heterocycles. The van der Waals surface area contributed by atoms with Crippen LogP contribution in [0.25, 0.3) is 16.9 Å². The van der Waals surface area contributed by atoms with E-state index in [1.54, 1.807) is 48.9 Å². The number of hydrogen-bond donors (Lipinski definition) is 3. The van der Waals surface area contributed by atoms with Crippen LogP contribution in [0.4, 0.5) is 30.5 Å². The first kappa shape index (κ1) is 30.8. The van der Waals surface area contributed by atoms with Crippen LogP contribution in [0.2, 0.25) is 0 Å². The fraction of sp³-hybridized carbons (Fsp3) is 0.161. The minimum atomic E-state index is -4.67. The molecule has 0 unspecified atom stereocenters. The number of methoxy groups -OCH3 is 1. The van der Waals surface area contributed by atoms with Crippen molar-refractivity contribution >= 4 is 29.2 Å². The van der Waals surface area contributed by atoms with Gasteiger partial charge in [0.25, 0.3) is 5.91 Å². The number of rotatable bonds is 10. The molecule has 0 saturated carbocycles. The summed E-state index contributed by atoms with van der Waals surface area (Å²) in [6, 6.07) is 13.5. The largest absolute Gasteiger partial charge is 0.468 e. The van der Waals surface area contributed by atoms with Gasteiger partial charge in [-0.15, -0.1) is 0 Å². The molecule has 3 aromatic heterocycles. The lowest BCUT2D eigenvalue weighted by Gasteiger charge is -2.14. The van der Waals surface area contributed by atoms with E-state index in [9.17, 15) is 22.8 Å². The Labute approximate surface area is 255 Å². The fourth-order valence-corrected chi connectivity index (χ4v) is 4.27. The number of amides is 1. The number of benzene rings is 2. The Morgan fingerprint density at radius 3 is 2.62 bits per heavy atom. The van der Waals surface area contributed by atoms with E-state index in [0.29, 0.717) is 23.0 Å². The van der Waals surface area contributed by atoms with Gasteiger partial charge in [0.15, 0.2) is 0 Å². The molecule has 14 heteroatoms. The van der Waals surface area contributed by atoms with E-state index >= 15 is 0 Å². The van der Waals surface area contributed by atoms with Crippen molar-refractivity contribution in [1.29, 1.82) is 0 Å². The molecule has 45 heavy (non-hydrogen) atoms. The van der Waals surface area contributed by atoms with Gasteiger partial charge in [-0.1, -0.05) is 6.07 Å². The zero-order chi connectivity index (χ0) is 32.0. The zero-order valence-electron chi connectivity index (χ0n) is 24.1. The molecule has 0 aliphatic rings. The summed E-state index contributed by atoms with van der Waals surface area (Å²) in [5, 5.41) is 8.53. The maximum atomic E-state index is 13.8. The predicted molar refractivity (Wildman–Crippen MR) is 160 cm³/mol. The summed E-state index contributed by atoms with van der Waals surface area (Å²) in [7, 11) is 1.26. The Bertz CT molecular complexity index is 1830. The van der Waals surface area contributed by atoms with Crippen LogP contribution in [-0.4, -0.2) is 50.0 Å². The van der Waals surface area contributed by atoms with E-state index in [0.717, 1.165) is 23.3 Å². The first-order chi connectivity index (χ1) is 21.6. The van der Waals surface area contributed by atoms with E-state index < -0.39 is 23.6 Å². The average Bonchev–Trinajstić information content (AvgIpc) is 3.51. The number of anilines is 3. The highest BCUT2D eigenvalue weighted by Crippen LogP contribution is 2.33. The lowest BCUT2D eigenvalue weighted by Crippen LogP contribution is -2.23. The zero-order valence-corrected chi connectivity index (χ0v) is 24.1. The molecule has 0 radical (unpaired) electrons. The van der Waals surface area contributed by atoms with Crippen molar-refractivity contribution in [3.8, 4) is 16.9 Å². The summed E-state index contributed by atoms with van der Waals surface area (Å²) in [6.45, 7) is 1.97. The number of aryl methyl sites for hydroxylation is 1. The number of halogens is 3. The number of ether oxygens (including phenoxy) is 1. The third-order valence-electron chi connectivity index (χ3n) is 6.60. The summed E-state index contributed by atoms with van der Waals surface area (Å²) in [5.74, 6) is -0.793. The maximum absolute atomic E-state index is 13.8. The van der Waals surface area contributed by atoms with Crippen LogP contribution in [0.1, 0.15) is 27.2 Å². The van der Waals surface area contributed by atoms with E-state index in [4.69, 9.17) is 0 Å². The van der Waals surface area contributed by atoms with Gasteiger partial charge in [0.05, 0.1) is 36.9 Å². The van der Waals surface area contributed by atoms with Crippen LogP contribution >= 0.6 is 0 Å². The quantitative estimate of drug-likeness (QED) is 0.178. The molecule has 230 valence electrons. The number of nitrogens with zero attached hydrogens (tertiary/aromatic N) is 5. The minimum absolute atomic E-state index is 0.0514. The molecule has 3 N–H and O–H groups in total. The Kier molecular flexibility index (Phi) is 9.14. The van der Waals surface area contributed by atoms with Crippen LogP contribution in [0, 0.1) is 6.92 Å². The van der Waals surface area contributed by atoms with Crippen molar-refractivity contribution in [2.45, 2.75) is 19.6 Å². The molecule has 11 nitrogen and oxygen atoms in total. The SMILES string of the molecule is COC(=O)CNCc1cn(-c2cc(NC(=O)c3ccc(C)c(Nc4nccc(-c5cccnc5)n4)c3)cc(C(F)(F)F)c2)cn1. The lowest BCUT2D eigenvalue weighted by molar-refractivity contribution is -0.139. The van der Waals surface area contributed by atoms with Gasteiger partial charge in [-0.3, -0.25) is 14.6 Å². The Hall–Kier alpha value is -5.63. The second kappa shape index (κ2) is 13.3. The number of carbonyl (C=O) groups excluding carboxylic acids is 2. The number of pyridine rings is 1. The van der Waals surface area contributed by atoms with Gasteiger partial charge in [-0.2, -0.15) is 13.2 Å². The van der Waals surface area contributed by atoms with E-state index in [-0.39, 0.29) is 30.0 Å². The summed E-state index contributed by atoms with van der Waals surface area (Å²) in [6.07, 6.45) is 3.13. The van der Waals surface area contributed by atoms with Gasteiger partial charge in [-0.25, -0.2) is 15.0 Å². The van der Waals surface area contributed by atoms with Gasteiger partial charge in [0, 0.05) is 59.5 Å². The molecule has 0 aliphatic heterocycles.